The largest absolute Gasteiger partial charge is 0.317 e. The molecule has 1 saturated carbocycles. The van der Waals surface area contributed by atoms with Gasteiger partial charge in [-0.25, -0.2) is 9.97 Å². The van der Waals surface area contributed by atoms with Crippen LogP contribution >= 0.6 is 15.9 Å². The van der Waals surface area contributed by atoms with Crippen molar-refractivity contribution in [3.63, 3.8) is 0 Å². The number of aromatic nitrogens is 4. The van der Waals surface area contributed by atoms with Crippen LogP contribution in [0.4, 0.5) is 11.8 Å². The van der Waals surface area contributed by atoms with Gasteiger partial charge in [0.15, 0.2) is 0 Å². The Bertz CT molecular complexity index is 1100. The molecule has 3 aromatic rings. The summed E-state index contributed by atoms with van der Waals surface area (Å²) in [5, 5.41) is 4.37. The van der Waals surface area contributed by atoms with Gasteiger partial charge in [-0.1, -0.05) is 18.9 Å². The Kier molecular flexibility index (Phi) is 6.00. The Balaban J connectivity index is 1.66. The Labute approximate surface area is 190 Å². The lowest BCUT2D eigenvalue weighted by Crippen LogP contribution is -2.34. The van der Waals surface area contributed by atoms with Crippen molar-refractivity contribution in [2.24, 2.45) is 0 Å². The molecule has 1 atom stereocenters. The van der Waals surface area contributed by atoms with Gasteiger partial charge in [-0.15, -0.1) is 0 Å². The predicted octanol–water partition coefficient (Wildman–Crippen LogP) is 4.34. The fraction of sp³-hybridized carbons (Fsp3) is 0.478. The fourth-order valence-corrected chi connectivity index (χ4v) is 5.34. The van der Waals surface area contributed by atoms with Crippen molar-refractivity contribution in [2.75, 3.05) is 18.0 Å². The third-order valence-corrected chi connectivity index (χ3v) is 7.00. The van der Waals surface area contributed by atoms with Gasteiger partial charge in [0.1, 0.15) is 11.5 Å². The van der Waals surface area contributed by atoms with Crippen molar-refractivity contribution in [2.45, 2.75) is 57.0 Å². The molecule has 0 bridgehead atoms. The Hall–Kier alpha value is -2.32. The smallest absolute Gasteiger partial charge is 0.266 e. The Morgan fingerprint density at radius 2 is 1.94 bits per heavy atom. The van der Waals surface area contributed by atoms with Crippen molar-refractivity contribution in [3.8, 4) is 0 Å². The third-order valence-electron chi connectivity index (χ3n) is 6.43. The van der Waals surface area contributed by atoms with Crippen LogP contribution in [0.25, 0.3) is 11.0 Å². The topological polar surface area (TPSA) is 75.9 Å². The summed E-state index contributed by atoms with van der Waals surface area (Å²) in [5.41, 5.74) is 0.713. The van der Waals surface area contributed by atoms with Crippen molar-refractivity contribution in [3.05, 3.63) is 51.5 Å². The molecule has 4 heterocycles. The number of halogens is 1. The lowest BCUT2D eigenvalue weighted by molar-refractivity contribution is 0.513. The summed E-state index contributed by atoms with van der Waals surface area (Å²) < 4.78 is 2.46. The summed E-state index contributed by atoms with van der Waals surface area (Å²) in [6.07, 6.45) is 11.1. The molecule has 7 nitrogen and oxygen atoms in total. The van der Waals surface area contributed by atoms with Gasteiger partial charge in [0.05, 0.1) is 4.47 Å². The molecule has 1 unspecified atom stereocenters. The second-order valence-electron chi connectivity index (χ2n) is 8.45. The summed E-state index contributed by atoms with van der Waals surface area (Å²) in [6, 6.07) is 8.22. The highest BCUT2D eigenvalue weighted by molar-refractivity contribution is 9.10. The maximum Gasteiger partial charge on any atom is 0.266 e. The zero-order valence-corrected chi connectivity index (χ0v) is 19.1. The SMILES string of the molecule is O=c1c(Br)cc2cnc(N(c3ccccn3)C3CCCNCC3)nc2n1C1CCCC1. The number of fused-ring (bicyclic) bond motifs is 1. The number of rotatable bonds is 4. The van der Waals surface area contributed by atoms with E-state index in [1.54, 1.807) is 0 Å². The first-order valence-corrected chi connectivity index (χ1v) is 12.0. The van der Waals surface area contributed by atoms with Crippen LogP contribution in [0.2, 0.25) is 0 Å². The molecule has 1 aliphatic heterocycles. The zero-order chi connectivity index (χ0) is 21.2. The van der Waals surface area contributed by atoms with E-state index in [4.69, 9.17) is 9.97 Å². The first-order chi connectivity index (χ1) is 15.2. The van der Waals surface area contributed by atoms with E-state index in [1.165, 1.54) is 0 Å². The molecule has 2 fully saturated rings. The van der Waals surface area contributed by atoms with Gasteiger partial charge < -0.3 is 5.32 Å². The van der Waals surface area contributed by atoms with Gasteiger partial charge in [0.25, 0.3) is 5.56 Å². The average molecular weight is 483 g/mol. The molecule has 1 saturated heterocycles. The standard InChI is InChI=1S/C23H27BrN6O/c24-19-14-16-15-27-23(28-21(16)30(22(19)31)17-6-1-2-7-17)29(20-9-3-4-12-26-20)18-8-5-11-25-13-10-18/h3-4,9,12,14-15,17-18,25H,1-2,5-8,10-11,13H2. The van der Waals surface area contributed by atoms with E-state index < -0.39 is 0 Å². The lowest BCUT2D eigenvalue weighted by Gasteiger charge is -2.30. The number of hydrogen-bond donors (Lipinski definition) is 1. The lowest BCUT2D eigenvalue weighted by atomic mass is 10.1. The van der Waals surface area contributed by atoms with E-state index in [0.29, 0.717) is 10.4 Å². The first-order valence-electron chi connectivity index (χ1n) is 11.2. The minimum atomic E-state index is -0.00731. The highest BCUT2D eigenvalue weighted by Gasteiger charge is 2.27. The number of anilines is 2. The van der Waals surface area contributed by atoms with Gasteiger partial charge in [0, 0.05) is 29.9 Å². The highest BCUT2D eigenvalue weighted by atomic mass is 79.9. The number of hydrogen-bond acceptors (Lipinski definition) is 6. The summed E-state index contributed by atoms with van der Waals surface area (Å²) in [7, 11) is 0. The van der Waals surface area contributed by atoms with Crippen LogP contribution in [-0.4, -0.2) is 38.7 Å². The van der Waals surface area contributed by atoms with Crippen LogP contribution in [0, 0.1) is 0 Å². The summed E-state index contributed by atoms with van der Waals surface area (Å²) in [4.78, 5) is 29.6. The maximum atomic E-state index is 13.1. The number of nitrogens with zero attached hydrogens (tertiary/aromatic N) is 5. The monoisotopic (exact) mass is 482 g/mol. The summed E-state index contributed by atoms with van der Waals surface area (Å²) in [5.74, 6) is 1.46. The number of pyridine rings is 2. The molecule has 162 valence electrons. The highest BCUT2D eigenvalue weighted by Crippen LogP contribution is 2.33. The van der Waals surface area contributed by atoms with Crippen molar-refractivity contribution >= 4 is 38.7 Å². The summed E-state index contributed by atoms with van der Waals surface area (Å²) >= 11 is 3.45. The van der Waals surface area contributed by atoms with Crippen LogP contribution in [-0.2, 0) is 0 Å². The molecule has 0 spiro atoms. The van der Waals surface area contributed by atoms with Crippen LogP contribution in [0.15, 0.2) is 45.9 Å². The molecule has 0 amide bonds. The quantitative estimate of drug-likeness (QED) is 0.595. The average Bonchev–Trinajstić information content (AvgIpc) is 3.19. The van der Waals surface area contributed by atoms with Gasteiger partial charge in [-0.2, -0.15) is 4.98 Å². The second-order valence-corrected chi connectivity index (χ2v) is 9.30. The molecule has 5 rings (SSSR count). The van der Waals surface area contributed by atoms with E-state index in [0.717, 1.165) is 74.9 Å². The van der Waals surface area contributed by atoms with E-state index in [1.807, 2.05) is 41.2 Å². The Morgan fingerprint density at radius 1 is 1.06 bits per heavy atom. The van der Waals surface area contributed by atoms with Crippen molar-refractivity contribution < 1.29 is 0 Å². The van der Waals surface area contributed by atoms with Crippen LogP contribution < -0.4 is 15.8 Å². The Morgan fingerprint density at radius 3 is 2.74 bits per heavy atom. The van der Waals surface area contributed by atoms with Gasteiger partial charge in [-0.3, -0.25) is 14.3 Å². The normalized spacial score (nSPS) is 20.1. The molecule has 2 aliphatic rings. The van der Waals surface area contributed by atoms with E-state index >= 15 is 0 Å². The molecular weight excluding hydrogens is 456 g/mol. The van der Waals surface area contributed by atoms with Crippen molar-refractivity contribution in [1.29, 1.82) is 0 Å². The van der Waals surface area contributed by atoms with Crippen molar-refractivity contribution in [1.82, 2.24) is 24.8 Å². The van der Waals surface area contributed by atoms with E-state index in [2.05, 4.69) is 31.1 Å². The molecule has 0 aromatic carbocycles. The molecule has 31 heavy (non-hydrogen) atoms. The maximum absolute atomic E-state index is 13.1. The summed E-state index contributed by atoms with van der Waals surface area (Å²) in [6.45, 7) is 1.99. The fourth-order valence-electron chi connectivity index (χ4n) is 4.90. The molecular formula is C23H27BrN6O. The number of nitrogens with one attached hydrogen (secondary N) is 1. The van der Waals surface area contributed by atoms with Gasteiger partial charge in [0.2, 0.25) is 5.95 Å². The predicted molar refractivity (Wildman–Crippen MR) is 126 cm³/mol. The first kappa shape index (κ1) is 20.6. The van der Waals surface area contributed by atoms with Crippen LogP contribution in [0.5, 0.6) is 0 Å². The molecule has 8 heteroatoms. The van der Waals surface area contributed by atoms with Crippen LogP contribution in [0.3, 0.4) is 0 Å². The zero-order valence-electron chi connectivity index (χ0n) is 17.5. The van der Waals surface area contributed by atoms with Gasteiger partial charge in [-0.05, 0) is 79.3 Å². The van der Waals surface area contributed by atoms with E-state index in [9.17, 15) is 4.79 Å². The molecule has 1 aliphatic carbocycles. The minimum Gasteiger partial charge on any atom is -0.317 e. The molecule has 3 aromatic heterocycles. The molecule has 1 N–H and O–H groups in total. The van der Waals surface area contributed by atoms with E-state index in [-0.39, 0.29) is 17.6 Å². The molecule has 0 radical (unpaired) electrons. The van der Waals surface area contributed by atoms with Gasteiger partial charge >= 0.3 is 0 Å². The second kappa shape index (κ2) is 9.04. The third kappa shape index (κ3) is 4.11. The van der Waals surface area contributed by atoms with Crippen LogP contribution in [0.1, 0.15) is 51.0 Å². The minimum absolute atomic E-state index is 0.00731.